The van der Waals surface area contributed by atoms with Crippen LogP contribution in [0.25, 0.3) is 11.5 Å². The summed E-state index contributed by atoms with van der Waals surface area (Å²) in [6, 6.07) is 3.57. The van der Waals surface area contributed by atoms with Gasteiger partial charge in [-0.2, -0.15) is 0 Å². The molecule has 0 aliphatic carbocycles. The molecule has 22 heavy (non-hydrogen) atoms. The number of ether oxygens (including phenoxy) is 1. The van der Waals surface area contributed by atoms with Crippen LogP contribution in [0.2, 0.25) is 0 Å². The maximum atomic E-state index is 12.3. The van der Waals surface area contributed by atoms with Gasteiger partial charge in [-0.3, -0.25) is 4.79 Å². The molecule has 0 N–H and O–H groups in total. The molecule has 0 aromatic carbocycles. The van der Waals surface area contributed by atoms with E-state index in [0.29, 0.717) is 24.1 Å². The number of nitrogens with zero attached hydrogens (tertiary/aromatic N) is 3. The Balaban J connectivity index is 1.90. The van der Waals surface area contributed by atoms with Gasteiger partial charge in [0.25, 0.3) is 5.91 Å². The van der Waals surface area contributed by atoms with Crippen molar-refractivity contribution < 1.29 is 13.9 Å². The summed E-state index contributed by atoms with van der Waals surface area (Å²) in [6.45, 7) is 1.36. The van der Waals surface area contributed by atoms with E-state index in [1.165, 1.54) is 6.26 Å². The second-order valence-electron chi connectivity index (χ2n) is 5.41. The summed E-state index contributed by atoms with van der Waals surface area (Å²) >= 11 is 0. The zero-order valence-corrected chi connectivity index (χ0v) is 12.6. The number of pyridine rings is 1. The van der Waals surface area contributed by atoms with Crippen LogP contribution in [0.15, 0.2) is 29.0 Å². The predicted octanol–water partition coefficient (Wildman–Crippen LogP) is 2.76. The lowest BCUT2D eigenvalue weighted by Gasteiger charge is -2.15. The fraction of sp³-hybridized carbons (Fsp3) is 0.438. The molecule has 0 fully saturated rings. The molecule has 2 aromatic rings. The molecular weight excluding hydrogens is 282 g/mol. The van der Waals surface area contributed by atoms with Crippen molar-refractivity contribution in [1.82, 2.24) is 14.9 Å². The van der Waals surface area contributed by atoms with Crippen molar-refractivity contribution in [2.45, 2.75) is 25.7 Å². The maximum absolute atomic E-state index is 12.3. The summed E-state index contributed by atoms with van der Waals surface area (Å²) in [5, 5.41) is 0. The van der Waals surface area contributed by atoms with E-state index < -0.39 is 0 Å². The van der Waals surface area contributed by atoms with E-state index >= 15 is 0 Å². The molecule has 0 saturated carbocycles. The first-order chi connectivity index (χ1) is 10.7. The molecular formula is C16H19N3O3. The summed E-state index contributed by atoms with van der Waals surface area (Å²) in [5.74, 6) is 0.838. The van der Waals surface area contributed by atoms with Crippen LogP contribution in [-0.2, 0) is 0 Å². The molecule has 6 nitrogen and oxygen atoms in total. The second kappa shape index (κ2) is 6.60. The number of hydrogen-bond donors (Lipinski definition) is 0. The Morgan fingerprint density at radius 2 is 2.09 bits per heavy atom. The van der Waals surface area contributed by atoms with Gasteiger partial charge in [-0.15, -0.1) is 0 Å². The fourth-order valence-electron chi connectivity index (χ4n) is 2.40. The first-order valence-corrected chi connectivity index (χ1v) is 7.54. The molecule has 0 saturated heterocycles. The van der Waals surface area contributed by atoms with Gasteiger partial charge in [0.1, 0.15) is 6.26 Å². The van der Waals surface area contributed by atoms with Crippen LogP contribution >= 0.6 is 0 Å². The third-order valence-electron chi connectivity index (χ3n) is 3.69. The topological polar surface area (TPSA) is 68.5 Å². The first-order valence-electron chi connectivity index (χ1n) is 7.54. The SMILES string of the molecule is CN1CCCCCCOc2cc(ccn2)-c2nc(co2)C1=O. The molecule has 4 bridgehead atoms. The number of carbonyl (C=O) groups excluding carboxylic acids is 1. The van der Waals surface area contributed by atoms with Gasteiger partial charge in [-0.05, 0) is 25.3 Å². The molecule has 1 aliphatic heterocycles. The molecule has 116 valence electrons. The van der Waals surface area contributed by atoms with Crippen LogP contribution in [0.5, 0.6) is 5.88 Å². The van der Waals surface area contributed by atoms with E-state index in [-0.39, 0.29) is 5.91 Å². The van der Waals surface area contributed by atoms with Crippen LogP contribution in [0, 0.1) is 0 Å². The molecule has 1 amide bonds. The molecule has 2 aromatic heterocycles. The number of aromatic nitrogens is 2. The predicted molar refractivity (Wildman–Crippen MR) is 80.7 cm³/mol. The third kappa shape index (κ3) is 3.27. The van der Waals surface area contributed by atoms with E-state index in [4.69, 9.17) is 9.15 Å². The van der Waals surface area contributed by atoms with Crippen molar-refractivity contribution in [2.75, 3.05) is 20.2 Å². The van der Waals surface area contributed by atoms with Crippen LogP contribution in [0.4, 0.5) is 0 Å². The van der Waals surface area contributed by atoms with Crippen molar-refractivity contribution in [3.8, 4) is 17.3 Å². The molecule has 0 atom stereocenters. The van der Waals surface area contributed by atoms with Crippen molar-refractivity contribution in [1.29, 1.82) is 0 Å². The highest BCUT2D eigenvalue weighted by molar-refractivity contribution is 5.92. The molecule has 0 unspecified atom stereocenters. The monoisotopic (exact) mass is 301 g/mol. The van der Waals surface area contributed by atoms with Gasteiger partial charge in [0.2, 0.25) is 11.8 Å². The van der Waals surface area contributed by atoms with Crippen LogP contribution < -0.4 is 4.74 Å². The van der Waals surface area contributed by atoms with E-state index in [0.717, 1.165) is 37.8 Å². The first kappa shape index (κ1) is 14.6. The Kier molecular flexibility index (Phi) is 4.37. The minimum atomic E-state index is -0.115. The lowest BCUT2D eigenvalue weighted by molar-refractivity contribution is 0.0786. The third-order valence-corrected chi connectivity index (χ3v) is 3.69. The highest BCUT2D eigenvalue weighted by atomic mass is 16.5. The molecule has 1 aliphatic rings. The number of amides is 1. The average Bonchev–Trinajstić information content (AvgIpc) is 3.02. The quantitative estimate of drug-likeness (QED) is 0.748. The smallest absolute Gasteiger partial charge is 0.275 e. The Labute approximate surface area is 129 Å². The van der Waals surface area contributed by atoms with Gasteiger partial charge in [-0.25, -0.2) is 9.97 Å². The molecule has 3 heterocycles. The van der Waals surface area contributed by atoms with Gasteiger partial charge in [0, 0.05) is 31.4 Å². The fourth-order valence-corrected chi connectivity index (χ4v) is 2.40. The highest BCUT2D eigenvalue weighted by Gasteiger charge is 2.17. The molecule has 0 spiro atoms. The largest absolute Gasteiger partial charge is 0.478 e. The number of rotatable bonds is 0. The number of fused-ring (bicyclic) bond motifs is 5. The van der Waals surface area contributed by atoms with Crippen LogP contribution in [0.1, 0.15) is 36.2 Å². The minimum Gasteiger partial charge on any atom is -0.478 e. The zero-order valence-electron chi connectivity index (χ0n) is 12.6. The van der Waals surface area contributed by atoms with Crippen molar-refractivity contribution in [2.24, 2.45) is 0 Å². The minimum absolute atomic E-state index is 0.115. The number of oxazole rings is 1. The van der Waals surface area contributed by atoms with Gasteiger partial charge in [0.15, 0.2) is 5.69 Å². The maximum Gasteiger partial charge on any atom is 0.275 e. The number of hydrogen-bond acceptors (Lipinski definition) is 5. The van der Waals surface area contributed by atoms with Crippen molar-refractivity contribution in [3.05, 3.63) is 30.3 Å². The Bertz CT molecular complexity index is 654. The normalized spacial score (nSPS) is 16.6. The lowest BCUT2D eigenvalue weighted by Crippen LogP contribution is -2.28. The van der Waals surface area contributed by atoms with E-state index in [1.54, 1.807) is 30.3 Å². The van der Waals surface area contributed by atoms with Crippen LogP contribution in [0.3, 0.4) is 0 Å². The highest BCUT2D eigenvalue weighted by Crippen LogP contribution is 2.22. The zero-order chi connectivity index (χ0) is 15.4. The summed E-state index contributed by atoms with van der Waals surface area (Å²) in [4.78, 5) is 22.5. The van der Waals surface area contributed by atoms with Gasteiger partial charge in [-0.1, -0.05) is 6.42 Å². The van der Waals surface area contributed by atoms with Crippen molar-refractivity contribution >= 4 is 5.91 Å². The second-order valence-corrected chi connectivity index (χ2v) is 5.41. The Hall–Kier alpha value is -2.37. The van der Waals surface area contributed by atoms with Gasteiger partial charge >= 0.3 is 0 Å². The van der Waals surface area contributed by atoms with Gasteiger partial charge in [0.05, 0.1) is 6.61 Å². The van der Waals surface area contributed by atoms with Gasteiger partial charge < -0.3 is 14.1 Å². The Morgan fingerprint density at radius 3 is 3.00 bits per heavy atom. The van der Waals surface area contributed by atoms with E-state index in [2.05, 4.69) is 9.97 Å². The van der Waals surface area contributed by atoms with Crippen molar-refractivity contribution in [3.63, 3.8) is 0 Å². The summed E-state index contributed by atoms with van der Waals surface area (Å²) in [5.41, 5.74) is 1.08. The average molecular weight is 301 g/mol. The van der Waals surface area contributed by atoms with E-state index in [1.807, 2.05) is 0 Å². The van der Waals surface area contributed by atoms with E-state index in [9.17, 15) is 4.79 Å². The summed E-state index contributed by atoms with van der Waals surface area (Å²) in [6.07, 6.45) is 7.15. The molecule has 0 radical (unpaired) electrons. The number of carbonyl (C=O) groups is 1. The summed E-state index contributed by atoms with van der Waals surface area (Å²) < 4.78 is 11.1. The molecule has 3 rings (SSSR count). The standard InChI is InChI=1S/C16H19N3O3/c1-19-8-4-2-3-5-9-21-14-10-12(6-7-17-14)15-18-13(11-22-15)16(19)20/h6-7,10-11H,2-5,8-9H2,1H3. The lowest BCUT2D eigenvalue weighted by atomic mass is 10.2. The Morgan fingerprint density at radius 1 is 1.23 bits per heavy atom. The molecule has 6 heteroatoms. The summed E-state index contributed by atoms with van der Waals surface area (Å²) in [7, 11) is 1.79. The van der Waals surface area contributed by atoms with Crippen LogP contribution in [-0.4, -0.2) is 41.0 Å².